The van der Waals surface area contributed by atoms with Crippen LogP contribution in [0.25, 0.3) is 5.69 Å². The molecule has 9 heteroatoms. The number of aliphatic imine (C=N–C) groups is 1. The standard InChI is InChI=1S/C23H31N7O2/c1-26-23(29-12-14-32-21(16-29)20-10-6-13-31-20)27-11-5-9-19-18(15-24)22(25)30(28-19)17-7-3-2-4-8-17/h2-4,7-8,20-21H,5-6,9-14,16,25H2,1H3,(H,26,27). The molecular formula is C23H31N7O2. The molecule has 2 saturated heterocycles. The monoisotopic (exact) mass is 437 g/mol. The normalized spacial score (nSPS) is 21.5. The van der Waals surface area contributed by atoms with Gasteiger partial charge in [-0.1, -0.05) is 18.2 Å². The van der Waals surface area contributed by atoms with E-state index in [0.717, 1.165) is 62.8 Å². The predicted octanol–water partition coefficient (Wildman–Crippen LogP) is 1.71. The van der Waals surface area contributed by atoms with Gasteiger partial charge in [0, 0.05) is 33.3 Å². The molecule has 2 aliphatic heterocycles. The van der Waals surface area contributed by atoms with Crippen LogP contribution in [0.1, 0.15) is 30.5 Å². The first-order chi connectivity index (χ1) is 15.7. The molecular weight excluding hydrogens is 406 g/mol. The lowest BCUT2D eigenvalue weighted by molar-refractivity contribution is -0.0816. The van der Waals surface area contributed by atoms with E-state index >= 15 is 0 Å². The van der Waals surface area contributed by atoms with Crippen LogP contribution in [0.4, 0.5) is 5.82 Å². The maximum absolute atomic E-state index is 9.58. The van der Waals surface area contributed by atoms with Gasteiger partial charge in [-0.3, -0.25) is 4.99 Å². The summed E-state index contributed by atoms with van der Waals surface area (Å²) in [7, 11) is 1.80. The zero-order valence-electron chi connectivity index (χ0n) is 18.5. The van der Waals surface area contributed by atoms with E-state index in [2.05, 4.69) is 26.4 Å². The smallest absolute Gasteiger partial charge is 0.193 e. The van der Waals surface area contributed by atoms with Crippen LogP contribution in [0.15, 0.2) is 35.3 Å². The molecule has 2 atom stereocenters. The van der Waals surface area contributed by atoms with Crippen LogP contribution in [0, 0.1) is 11.3 Å². The van der Waals surface area contributed by atoms with Crippen LogP contribution >= 0.6 is 0 Å². The van der Waals surface area contributed by atoms with Crippen molar-refractivity contribution in [3.05, 3.63) is 41.6 Å². The van der Waals surface area contributed by atoms with Crippen LogP contribution in [0.5, 0.6) is 0 Å². The lowest BCUT2D eigenvalue weighted by Gasteiger charge is -2.37. The number of nitrogens with one attached hydrogen (secondary N) is 1. The van der Waals surface area contributed by atoms with Crippen LogP contribution in [0.2, 0.25) is 0 Å². The van der Waals surface area contributed by atoms with E-state index in [-0.39, 0.29) is 12.2 Å². The Balaban J connectivity index is 1.32. The van der Waals surface area contributed by atoms with Crippen molar-refractivity contribution in [2.24, 2.45) is 4.99 Å². The minimum absolute atomic E-state index is 0.0907. The van der Waals surface area contributed by atoms with Crippen molar-refractivity contribution in [3.63, 3.8) is 0 Å². The second-order valence-corrected chi connectivity index (χ2v) is 8.05. The van der Waals surface area contributed by atoms with Crippen molar-refractivity contribution in [1.29, 1.82) is 5.26 Å². The number of aryl methyl sites for hydroxylation is 1. The van der Waals surface area contributed by atoms with Gasteiger partial charge in [0.25, 0.3) is 0 Å². The van der Waals surface area contributed by atoms with Crippen molar-refractivity contribution >= 4 is 11.8 Å². The molecule has 0 bridgehead atoms. The number of morpholine rings is 1. The summed E-state index contributed by atoms with van der Waals surface area (Å²) in [5.41, 5.74) is 8.21. The Morgan fingerprint density at radius 3 is 2.81 bits per heavy atom. The van der Waals surface area contributed by atoms with E-state index < -0.39 is 0 Å². The summed E-state index contributed by atoms with van der Waals surface area (Å²) in [6.07, 6.45) is 3.90. The number of anilines is 1. The average Bonchev–Trinajstić information content (AvgIpc) is 3.48. The first-order valence-corrected chi connectivity index (χ1v) is 11.2. The number of nitrogens with two attached hydrogens (primary N) is 1. The molecule has 4 rings (SSSR count). The number of para-hydroxylation sites is 1. The number of rotatable bonds is 6. The molecule has 0 radical (unpaired) electrons. The maximum Gasteiger partial charge on any atom is 0.193 e. The number of hydrogen-bond acceptors (Lipinski definition) is 6. The largest absolute Gasteiger partial charge is 0.382 e. The third kappa shape index (κ3) is 4.87. The molecule has 2 aromatic rings. The quantitative estimate of drug-likeness (QED) is 0.402. The molecule has 2 aliphatic rings. The summed E-state index contributed by atoms with van der Waals surface area (Å²) in [5.74, 6) is 1.25. The first kappa shape index (κ1) is 22.1. The lowest BCUT2D eigenvalue weighted by atomic mass is 10.1. The van der Waals surface area contributed by atoms with Crippen molar-refractivity contribution in [3.8, 4) is 11.8 Å². The molecule has 0 saturated carbocycles. The highest BCUT2D eigenvalue weighted by atomic mass is 16.5. The van der Waals surface area contributed by atoms with E-state index in [1.807, 2.05) is 30.3 Å². The van der Waals surface area contributed by atoms with Crippen molar-refractivity contribution in [1.82, 2.24) is 20.0 Å². The van der Waals surface area contributed by atoms with Crippen LogP contribution in [0.3, 0.4) is 0 Å². The Morgan fingerprint density at radius 1 is 1.28 bits per heavy atom. The van der Waals surface area contributed by atoms with Gasteiger partial charge < -0.3 is 25.4 Å². The number of nitrogens with zero attached hydrogens (tertiary/aromatic N) is 5. The summed E-state index contributed by atoms with van der Waals surface area (Å²) >= 11 is 0. The molecule has 1 aromatic heterocycles. The predicted molar refractivity (Wildman–Crippen MR) is 123 cm³/mol. The summed E-state index contributed by atoms with van der Waals surface area (Å²) in [4.78, 5) is 6.69. The Hall–Kier alpha value is -3.09. The maximum atomic E-state index is 9.58. The molecule has 2 fully saturated rings. The fraction of sp³-hybridized carbons (Fsp3) is 0.522. The van der Waals surface area contributed by atoms with E-state index in [1.54, 1.807) is 11.7 Å². The second-order valence-electron chi connectivity index (χ2n) is 8.05. The molecule has 32 heavy (non-hydrogen) atoms. The molecule has 1 aromatic carbocycles. The van der Waals surface area contributed by atoms with Gasteiger partial charge in [0.1, 0.15) is 23.6 Å². The van der Waals surface area contributed by atoms with E-state index in [1.165, 1.54) is 0 Å². The summed E-state index contributed by atoms with van der Waals surface area (Å²) in [6, 6.07) is 11.8. The Bertz CT molecular complexity index is 961. The zero-order chi connectivity index (χ0) is 22.3. The molecule has 0 aliphatic carbocycles. The fourth-order valence-corrected chi connectivity index (χ4v) is 4.32. The molecule has 9 nitrogen and oxygen atoms in total. The Morgan fingerprint density at radius 2 is 2.09 bits per heavy atom. The molecule has 170 valence electrons. The summed E-state index contributed by atoms with van der Waals surface area (Å²) in [5, 5.41) is 17.6. The highest BCUT2D eigenvalue weighted by Crippen LogP contribution is 2.22. The van der Waals surface area contributed by atoms with Crippen molar-refractivity contribution < 1.29 is 9.47 Å². The third-order valence-corrected chi connectivity index (χ3v) is 5.96. The van der Waals surface area contributed by atoms with E-state index in [0.29, 0.717) is 24.4 Å². The van der Waals surface area contributed by atoms with E-state index in [9.17, 15) is 5.26 Å². The van der Waals surface area contributed by atoms with Gasteiger partial charge in [0.05, 0.1) is 24.1 Å². The summed E-state index contributed by atoms with van der Waals surface area (Å²) < 4.78 is 13.4. The van der Waals surface area contributed by atoms with Crippen LogP contribution < -0.4 is 11.1 Å². The van der Waals surface area contributed by atoms with Gasteiger partial charge >= 0.3 is 0 Å². The van der Waals surface area contributed by atoms with E-state index in [4.69, 9.17) is 15.2 Å². The lowest BCUT2D eigenvalue weighted by Crippen LogP contribution is -2.53. The average molecular weight is 438 g/mol. The highest BCUT2D eigenvalue weighted by molar-refractivity contribution is 5.80. The van der Waals surface area contributed by atoms with Gasteiger partial charge in [0.15, 0.2) is 5.96 Å². The number of ether oxygens (including phenoxy) is 2. The minimum Gasteiger partial charge on any atom is -0.382 e. The van der Waals surface area contributed by atoms with Crippen molar-refractivity contribution in [2.45, 2.75) is 37.9 Å². The van der Waals surface area contributed by atoms with Crippen molar-refractivity contribution in [2.75, 3.05) is 45.6 Å². The van der Waals surface area contributed by atoms with Gasteiger partial charge in [-0.15, -0.1) is 0 Å². The Kier molecular flexibility index (Phi) is 7.24. The van der Waals surface area contributed by atoms with Gasteiger partial charge in [-0.25, -0.2) is 4.68 Å². The highest BCUT2D eigenvalue weighted by Gasteiger charge is 2.32. The molecule has 3 heterocycles. The second kappa shape index (κ2) is 10.5. The van der Waals surface area contributed by atoms with Gasteiger partial charge in [0.2, 0.25) is 0 Å². The van der Waals surface area contributed by atoms with Crippen LogP contribution in [-0.4, -0.2) is 72.7 Å². The number of guanidine groups is 1. The Labute approximate surface area is 188 Å². The number of aromatic nitrogens is 2. The number of nitriles is 1. The van der Waals surface area contributed by atoms with Gasteiger partial charge in [-0.05, 0) is 37.8 Å². The van der Waals surface area contributed by atoms with Gasteiger partial charge in [-0.2, -0.15) is 10.4 Å². The number of benzene rings is 1. The number of hydrogen-bond donors (Lipinski definition) is 2. The minimum atomic E-state index is 0.0907. The topological polar surface area (TPSA) is 114 Å². The SMILES string of the molecule is CN=C(NCCCc1nn(-c2ccccc2)c(N)c1C#N)N1CCOC(C2CCCO2)C1. The third-order valence-electron chi connectivity index (χ3n) is 5.96. The van der Waals surface area contributed by atoms with Crippen LogP contribution in [-0.2, 0) is 15.9 Å². The fourth-order valence-electron chi connectivity index (χ4n) is 4.32. The molecule has 0 amide bonds. The number of nitrogen functional groups attached to an aromatic ring is 1. The zero-order valence-corrected chi connectivity index (χ0v) is 18.5. The molecule has 3 N–H and O–H groups in total. The summed E-state index contributed by atoms with van der Waals surface area (Å²) in [6.45, 7) is 3.80. The molecule has 2 unspecified atom stereocenters. The molecule has 0 spiro atoms. The first-order valence-electron chi connectivity index (χ1n) is 11.2.